The molecule has 29 heavy (non-hydrogen) atoms. The largest absolute Gasteiger partial charge is 0.345 e. The van der Waals surface area contributed by atoms with Gasteiger partial charge in [-0.25, -0.2) is 4.98 Å². The Morgan fingerprint density at radius 1 is 1.21 bits per heavy atom. The number of nitrogens with one attached hydrogen (secondary N) is 1. The van der Waals surface area contributed by atoms with E-state index in [1.807, 2.05) is 36.3 Å². The minimum atomic E-state index is 0.00947. The van der Waals surface area contributed by atoms with Crippen LogP contribution in [0.1, 0.15) is 62.0 Å². The van der Waals surface area contributed by atoms with Crippen molar-refractivity contribution in [3.8, 4) is 0 Å². The fourth-order valence-electron chi connectivity index (χ4n) is 5.12. The maximum Gasteiger partial charge on any atom is 0.229 e. The van der Waals surface area contributed by atoms with Crippen molar-refractivity contribution in [2.24, 2.45) is 5.41 Å². The van der Waals surface area contributed by atoms with Gasteiger partial charge in [-0.1, -0.05) is 43.7 Å². The number of H-pyrrole nitrogens is 1. The van der Waals surface area contributed by atoms with Gasteiger partial charge in [0.25, 0.3) is 0 Å². The number of rotatable bonds is 6. The van der Waals surface area contributed by atoms with Gasteiger partial charge in [0, 0.05) is 38.4 Å². The van der Waals surface area contributed by atoms with E-state index >= 15 is 0 Å². The summed E-state index contributed by atoms with van der Waals surface area (Å²) in [7, 11) is 1.98. The molecule has 1 amide bonds. The van der Waals surface area contributed by atoms with Crippen LogP contribution in [-0.4, -0.2) is 52.4 Å². The number of likely N-dealkylation sites (N-methyl/N-ethyl adjacent to an activating group) is 1. The summed E-state index contributed by atoms with van der Waals surface area (Å²) in [5, 5.41) is 0. The Hall–Kier alpha value is -2.14. The minimum absolute atomic E-state index is 0.00947. The van der Waals surface area contributed by atoms with Crippen molar-refractivity contribution >= 4 is 5.91 Å². The highest BCUT2D eigenvalue weighted by Gasteiger charge is 2.44. The van der Waals surface area contributed by atoms with Crippen LogP contribution in [0.25, 0.3) is 0 Å². The van der Waals surface area contributed by atoms with E-state index in [0.29, 0.717) is 0 Å². The molecule has 1 aromatic heterocycles. The van der Waals surface area contributed by atoms with E-state index in [9.17, 15) is 4.79 Å². The van der Waals surface area contributed by atoms with Gasteiger partial charge in [0.05, 0.1) is 5.92 Å². The van der Waals surface area contributed by atoms with Crippen molar-refractivity contribution in [2.75, 3.05) is 26.7 Å². The van der Waals surface area contributed by atoms with Crippen LogP contribution in [-0.2, 0) is 17.8 Å². The van der Waals surface area contributed by atoms with Crippen LogP contribution < -0.4 is 0 Å². The number of carbonyl (C=O) groups excluding carboxylic acids is 1. The van der Waals surface area contributed by atoms with Gasteiger partial charge >= 0.3 is 0 Å². The Balaban J connectivity index is 1.37. The van der Waals surface area contributed by atoms with Crippen LogP contribution in [0.5, 0.6) is 0 Å². The zero-order valence-electron chi connectivity index (χ0n) is 17.9. The van der Waals surface area contributed by atoms with Crippen molar-refractivity contribution < 1.29 is 4.79 Å². The van der Waals surface area contributed by atoms with Crippen molar-refractivity contribution in [3.63, 3.8) is 0 Å². The van der Waals surface area contributed by atoms with E-state index in [4.69, 9.17) is 0 Å². The number of carbonyl (C=O) groups is 1. The molecule has 4 rings (SSSR count). The molecule has 0 radical (unpaired) electrons. The lowest BCUT2D eigenvalue weighted by atomic mass is 9.68. The van der Waals surface area contributed by atoms with Crippen molar-refractivity contribution in [2.45, 2.75) is 57.9 Å². The van der Waals surface area contributed by atoms with Crippen molar-refractivity contribution in [1.29, 1.82) is 0 Å². The quantitative estimate of drug-likeness (QED) is 0.806. The van der Waals surface area contributed by atoms with Gasteiger partial charge in [0.2, 0.25) is 5.91 Å². The summed E-state index contributed by atoms with van der Waals surface area (Å²) in [4.78, 5) is 25.4. The lowest BCUT2D eigenvalue weighted by molar-refractivity contribution is -0.139. The number of hydrogen-bond donors (Lipinski definition) is 1. The lowest BCUT2D eigenvalue weighted by Crippen LogP contribution is -2.52. The number of nitrogens with zero attached hydrogens (tertiary/aromatic N) is 3. The second-order valence-corrected chi connectivity index (χ2v) is 9.10. The van der Waals surface area contributed by atoms with Crippen molar-refractivity contribution in [3.05, 3.63) is 53.6 Å². The highest BCUT2D eigenvalue weighted by molar-refractivity contribution is 5.84. The Labute approximate surface area is 174 Å². The van der Waals surface area contributed by atoms with Gasteiger partial charge in [0.1, 0.15) is 5.82 Å². The normalized spacial score (nSPS) is 22.3. The first-order valence-electron chi connectivity index (χ1n) is 11.1. The molecule has 156 valence electrons. The number of piperidine rings is 2. The molecule has 0 aliphatic carbocycles. The average Bonchev–Trinajstić information content (AvgIpc) is 3.19. The first-order chi connectivity index (χ1) is 14.1. The Morgan fingerprint density at radius 3 is 2.69 bits per heavy atom. The van der Waals surface area contributed by atoms with E-state index in [2.05, 4.69) is 33.9 Å². The summed E-state index contributed by atoms with van der Waals surface area (Å²) in [6.07, 6.45) is 8.74. The number of aromatic amines is 1. The van der Waals surface area contributed by atoms with E-state index in [0.717, 1.165) is 57.7 Å². The first kappa shape index (κ1) is 20.1. The SMILES string of the molecule is CCCCc1ncc(CN2CCC3(CC2)C[C@@H](c2ccccc2)C(=O)N(C)C3)[nH]1. The second-order valence-electron chi connectivity index (χ2n) is 9.10. The number of aryl methyl sites for hydroxylation is 1. The maximum atomic E-state index is 12.8. The third-order valence-electron chi connectivity index (χ3n) is 6.84. The predicted molar refractivity (Wildman–Crippen MR) is 116 cm³/mol. The molecule has 5 nitrogen and oxygen atoms in total. The number of hydrogen-bond acceptors (Lipinski definition) is 3. The smallest absolute Gasteiger partial charge is 0.229 e. The monoisotopic (exact) mass is 394 g/mol. The number of imidazole rings is 1. The molecule has 0 unspecified atom stereocenters. The maximum absolute atomic E-state index is 12.8. The highest BCUT2D eigenvalue weighted by atomic mass is 16.2. The number of unbranched alkanes of at least 4 members (excludes halogenated alkanes) is 1. The van der Waals surface area contributed by atoms with Gasteiger partial charge in [-0.15, -0.1) is 0 Å². The second kappa shape index (κ2) is 8.70. The summed E-state index contributed by atoms with van der Waals surface area (Å²) >= 11 is 0. The van der Waals surface area contributed by atoms with Gasteiger partial charge in [-0.05, 0) is 49.8 Å². The Morgan fingerprint density at radius 2 is 1.97 bits per heavy atom. The predicted octanol–water partition coefficient (Wildman–Crippen LogP) is 3.98. The van der Waals surface area contributed by atoms with E-state index in [-0.39, 0.29) is 17.2 Å². The molecule has 2 aliphatic rings. The molecule has 3 heterocycles. The summed E-state index contributed by atoms with van der Waals surface area (Å²) in [5.74, 6) is 1.41. The first-order valence-corrected chi connectivity index (χ1v) is 11.1. The fourth-order valence-corrected chi connectivity index (χ4v) is 5.12. The molecule has 1 atom stereocenters. The van der Waals surface area contributed by atoms with Crippen LogP contribution in [0.2, 0.25) is 0 Å². The molecule has 2 fully saturated rings. The van der Waals surface area contributed by atoms with Crippen molar-refractivity contribution in [1.82, 2.24) is 19.8 Å². The number of aromatic nitrogens is 2. The van der Waals surface area contributed by atoms with Crippen LogP contribution >= 0.6 is 0 Å². The molecule has 2 aromatic rings. The number of amides is 1. The molecular formula is C24H34N4O. The van der Waals surface area contributed by atoms with Crippen LogP contribution in [0.4, 0.5) is 0 Å². The van der Waals surface area contributed by atoms with Gasteiger partial charge in [0.15, 0.2) is 0 Å². The third kappa shape index (κ3) is 4.55. The zero-order valence-corrected chi connectivity index (χ0v) is 17.9. The van der Waals surface area contributed by atoms with E-state index in [1.54, 1.807) is 0 Å². The van der Waals surface area contributed by atoms with Crippen LogP contribution in [0.3, 0.4) is 0 Å². The highest BCUT2D eigenvalue weighted by Crippen LogP contribution is 2.45. The number of benzene rings is 1. The summed E-state index contributed by atoms with van der Waals surface area (Å²) in [5.41, 5.74) is 2.65. The minimum Gasteiger partial charge on any atom is -0.345 e. The summed E-state index contributed by atoms with van der Waals surface area (Å²) in [6, 6.07) is 10.3. The molecule has 1 spiro atoms. The molecular weight excluding hydrogens is 360 g/mol. The van der Waals surface area contributed by atoms with Gasteiger partial charge in [-0.3, -0.25) is 9.69 Å². The average molecular weight is 395 g/mol. The van der Waals surface area contributed by atoms with Crippen LogP contribution in [0, 0.1) is 5.41 Å². The Kier molecular flexibility index (Phi) is 6.04. The topological polar surface area (TPSA) is 52.2 Å². The zero-order chi connectivity index (χ0) is 20.3. The van der Waals surface area contributed by atoms with Gasteiger partial charge < -0.3 is 9.88 Å². The molecule has 0 saturated carbocycles. The van der Waals surface area contributed by atoms with Gasteiger partial charge in [-0.2, -0.15) is 0 Å². The summed E-state index contributed by atoms with van der Waals surface area (Å²) < 4.78 is 0. The fraction of sp³-hybridized carbons (Fsp3) is 0.583. The third-order valence-corrected chi connectivity index (χ3v) is 6.84. The van der Waals surface area contributed by atoms with Crippen LogP contribution in [0.15, 0.2) is 36.5 Å². The van der Waals surface area contributed by atoms with E-state index < -0.39 is 0 Å². The standard InChI is InChI=1S/C24H34N4O/c1-3-4-10-22-25-16-20(26-22)17-28-13-11-24(12-14-28)15-21(23(29)27(2)18-24)19-8-6-5-7-9-19/h5-9,16,21H,3-4,10-15,17-18H2,1-2H3,(H,25,26)/t21-/m0/s1. The molecule has 5 heteroatoms. The summed E-state index contributed by atoms with van der Waals surface area (Å²) in [6.45, 7) is 6.24. The molecule has 1 N–H and O–H groups in total. The molecule has 2 aliphatic heterocycles. The molecule has 2 saturated heterocycles. The molecule has 0 bridgehead atoms. The number of likely N-dealkylation sites (tertiary alicyclic amines) is 2. The Bertz CT molecular complexity index is 807. The lowest BCUT2D eigenvalue weighted by Gasteiger charge is -2.49. The van der Waals surface area contributed by atoms with E-state index in [1.165, 1.54) is 24.1 Å². The molecule has 1 aromatic carbocycles.